The minimum Gasteiger partial charge on any atom is -0.311 e. The van der Waals surface area contributed by atoms with Crippen LogP contribution in [0, 0.1) is 11.7 Å². The number of hydrogen-bond acceptors (Lipinski definition) is 2. The Labute approximate surface area is 132 Å². The fraction of sp³-hybridized carbons (Fsp3) is 0.647. The highest BCUT2D eigenvalue weighted by molar-refractivity contribution is 6.31. The van der Waals surface area contributed by atoms with Crippen LogP contribution in [0.1, 0.15) is 39.7 Å². The third kappa shape index (κ3) is 4.41. The number of halogens is 2. The first kappa shape index (κ1) is 16.7. The van der Waals surface area contributed by atoms with Gasteiger partial charge >= 0.3 is 0 Å². The Hall–Kier alpha value is -0.640. The van der Waals surface area contributed by atoms with E-state index in [4.69, 9.17) is 11.6 Å². The van der Waals surface area contributed by atoms with Crippen LogP contribution in [0.4, 0.5) is 4.39 Å². The summed E-state index contributed by atoms with van der Waals surface area (Å²) < 4.78 is 13.5. The van der Waals surface area contributed by atoms with Crippen molar-refractivity contribution in [2.24, 2.45) is 5.92 Å². The Morgan fingerprint density at radius 3 is 2.81 bits per heavy atom. The first-order valence-corrected chi connectivity index (χ1v) is 8.08. The molecular formula is C17H26ClFN2. The second-order valence-corrected chi connectivity index (χ2v) is 7.54. The van der Waals surface area contributed by atoms with Gasteiger partial charge in [0.15, 0.2) is 0 Å². The summed E-state index contributed by atoms with van der Waals surface area (Å²) in [5, 5.41) is 4.28. The van der Waals surface area contributed by atoms with Gasteiger partial charge in [-0.3, -0.25) is 4.90 Å². The van der Waals surface area contributed by atoms with Crippen molar-refractivity contribution in [3.05, 3.63) is 34.6 Å². The van der Waals surface area contributed by atoms with E-state index in [0.29, 0.717) is 23.5 Å². The number of piperazine rings is 1. The maximum Gasteiger partial charge on any atom is 0.123 e. The molecule has 0 aliphatic carbocycles. The van der Waals surface area contributed by atoms with Gasteiger partial charge in [-0.15, -0.1) is 0 Å². The van der Waals surface area contributed by atoms with Crippen molar-refractivity contribution in [3.8, 4) is 0 Å². The maximum atomic E-state index is 13.5. The van der Waals surface area contributed by atoms with Gasteiger partial charge < -0.3 is 5.32 Å². The molecule has 2 nitrogen and oxygen atoms in total. The third-order valence-corrected chi connectivity index (χ3v) is 4.61. The van der Waals surface area contributed by atoms with E-state index < -0.39 is 0 Å². The summed E-state index contributed by atoms with van der Waals surface area (Å²) in [6, 6.07) is 5.10. The normalized spacial score (nSPS) is 22.7. The minimum absolute atomic E-state index is 0.0448. The van der Waals surface area contributed by atoms with Crippen LogP contribution in [-0.2, 0) is 6.54 Å². The van der Waals surface area contributed by atoms with E-state index >= 15 is 0 Å². The lowest BCUT2D eigenvalue weighted by atomic mass is 9.93. The summed E-state index contributed by atoms with van der Waals surface area (Å²) in [5.41, 5.74) is 0.915. The first-order valence-electron chi connectivity index (χ1n) is 7.70. The molecule has 1 atom stereocenters. The highest BCUT2D eigenvalue weighted by Crippen LogP contribution is 2.26. The lowest BCUT2D eigenvalue weighted by Gasteiger charge is -2.46. The minimum atomic E-state index is -0.221. The zero-order valence-electron chi connectivity index (χ0n) is 13.4. The Bertz CT molecular complexity index is 488. The smallest absolute Gasteiger partial charge is 0.123 e. The van der Waals surface area contributed by atoms with Gasteiger partial charge in [0.2, 0.25) is 0 Å². The monoisotopic (exact) mass is 312 g/mol. The Kier molecular flexibility index (Phi) is 5.29. The molecule has 1 fully saturated rings. The summed E-state index contributed by atoms with van der Waals surface area (Å²) in [5.74, 6) is 0.449. The molecule has 0 spiro atoms. The Morgan fingerprint density at radius 1 is 1.43 bits per heavy atom. The fourth-order valence-corrected chi connectivity index (χ4v) is 3.14. The van der Waals surface area contributed by atoms with Crippen LogP contribution in [0.2, 0.25) is 5.02 Å². The van der Waals surface area contributed by atoms with Crippen molar-refractivity contribution in [1.29, 1.82) is 0 Å². The van der Waals surface area contributed by atoms with Gasteiger partial charge in [0.05, 0.1) is 0 Å². The molecular weight excluding hydrogens is 287 g/mol. The fourth-order valence-electron chi connectivity index (χ4n) is 2.96. The lowest BCUT2D eigenvalue weighted by Crippen LogP contribution is -2.61. The van der Waals surface area contributed by atoms with Crippen LogP contribution < -0.4 is 5.32 Å². The van der Waals surface area contributed by atoms with E-state index in [-0.39, 0.29) is 11.4 Å². The summed E-state index contributed by atoms with van der Waals surface area (Å²) in [4.78, 5) is 2.41. The largest absolute Gasteiger partial charge is 0.311 e. The molecule has 118 valence electrons. The summed E-state index contributed by atoms with van der Waals surface area (Å²) >= 11 is 6.22. The molecule has 0 aromatic heterocycles. The van der Waals surface area contributed by atoms with Crippen LogP contribution in [0.15, 0.2) is 18.2 Å². The van der Waals surface area contributed by atoms with Gasteiger partial charge in [-0.1, -0.05) is 25.4 Å². The van der Waals surface area contributed by atoms with Gasteiger partial charge in [0, 0.05) is 36.2 Å². The summed E-state index contributed by atoms with van der Waals surface area (Å²) in [7, 11) is 0. The number of hydrogen-bond donors (Lipinski definition) is 1. The predicted octanol–water partition coefficient (Wildman–Crippen LogP) is 4.08. The van der Waals surface area contributed by atoms with Crippen molar-refractivity contribution >= 4 is 11.6 Å². The molecule has 0 saturated carbocycles. The average Bonchev–Trinajstić information content (AvgIpc) is 2.37. The highest BCUT2D eigenvalue weighted by atomic mass is 35.5. The van der Waals surface area contributed by atoms with E-state index in [0.717, 1.165) is 25.1 Å². The molecule has 1 aliphatic heterocycles. The van der Waals surface area contributed by atoms with E-state index in [1.165, 1.54) is 6.07 Å². The predicted molar refractivity (Wildman–Crippen MR) is 87.1 cm³/mol. The molecule has 1 saturated heterocycles. The molecule has 0 amide bonds. The van der Waals surface area contributed by atoms with E-state index in [1.54, 1.807) is 12.1 Å². The molecule has 1 aliphatic rings. The van der Waals surface area contributed by atoms with Crippen LogP contribution in [-0.4, -0.2) is 29.6 Å². The number of nitrogens with one attached hydrogen (secondary N) is 1. The molecule has 21 heavy (non-hydrogen) atoms. The van der Waals surface area contributed by atoms with Gasteiger partial charge in [-0.2, -0.15) is 0 Å². The second kappa shape index (κ2) is 6.64. The van der Waals surface area contributed by atoms with Crippen molar-refractivity contribution in [2.45, 2.75) is 52.2 Å². The van der Waals surface area contributed by atoms with Crippen LogP contribution in [0.5, 0.6) is 0 Å². The van der Waals surface area contributed by atoms with E-state index in [9.17, 15) is 4.39 Å². The van der Waals surface area contributed by atoms with Crippen molar-refractivity contribution in [2.75, 3.05) is 13.1 Å². The van der Waals surface area contributed by atoms with Gasteiger partial charge in [-0.25, -0.2) is 4.39 Å². The lowest BCUT2D eigenvalue weighted by molar-refractivity contribution is 0.0535. The summed E-state index contributed by atoms with van der Waals surface area (Å²) in [6.07, 6.45) is 1.16. The molecule has 1 heterocycles. The SMILES string of the molecule is CC(C)CC1CN(Cc2cc(F)ccc2Cl)C(C)(C)CN1. The van der Waals surface area contributed by atoms with Crippen LogP contribution in [0.3, 0.4) is 0 Å². The molecule has 1 N–H and O–H groups in total. The molecule has 2 rings (SSSR count). The Balaban J connectivity index is 2.12. The second-order valence-electron chi connectivity index (χ2n) is 7.14. The van der Waals surface area contributed by atoms with E-state index in [1.807, 2.05) is 0 Å². The van der Waals surface area contributed by atoms with Crippen LogP contribution in [0.25, 0.3) is 0 Å². The average molecular weight is 313 g/mol. The Morgan fingerprint density at radius 2 is 2.14 bits per heavy atom. The molecule has 0 bridgehead atoms. The summed E-state index contributed by atoms with van der Waals surface area (Å²) in [6.45, 7) is 11.5. The topological polar surface area (TPSA) is 15.3 Å². The van der Waals surface area contributed by atoms with Crippen molar-refractivity contribution in [1.82, 2.24) is 10.2 Å². The van der Waals surface area contributed by atoms with Crippen molar-refractivity contribution < 1.29 is 4.39 Å². The first-order chi connectivity index (χ1) is 9.78. The number of nitrogens with zero attached hydrogens (tertiary/aromatic N) is 1. The van der Waals surface area contributed by atoms with Crippen LogP contribution >= 0.6 is 11.6 Å². The van der Waals surface area contributed by atoms with Crippen molar-refractivity contribution in [3.63, 3.8) is 0 Å². The maximum absolute atomic E-state index is 13.5. The van der Waals surface area contributed by atoms with Gasteiger partial charge in [-0.05, 0) is 49.9 Å². The molecule has 4 heteroatoms. The number of rotatable bonds is 4. The van der Waals surface area contributed by atoms with Gasteiger partial charge in [0.25, 0.3) is 0 Å². The number of benzene rings is 1. The molecule has 1 aromatic rings. The zero-order valence-corrected chi connectivity index (χ0v) is 14.2. The molecule has 1 aromatic carbocycles. The quantitative estimate of drug-likeness (QED) is 0.901. The zero-order chi connectivity index (χ0) is 15.6. The van der Waals surface area contributed by atoms with Gasteiger partial charge in [0.1, 0.15) is 5.82 Å². The molecule has 0 radical (unpaired) electrons. The highest BCUT2D eigenvalue weighted by Gasteiger charge is 2.34. The molecule has 1 unspecified atom stereocenters. The third-order valence-electron chi connectivity index (χ3n) is 4.25. The van der Waals surface area contributed by atoms with E-state index in [2.05, 4.69) is 37.9 Å². The standard InChI is InChI=1S/C17H26ClFN2/c1-12(2)7-15-10-21(17(3,4)11-20-15)9-13-8-14(19)5-6-16(13)18/h5-6,8,12,15,20H,7,9-11H2,1-4H3.